The monoisotopic (exact) mass is 1290 g/mol. The first-order chi connectivity index (χ1) is 37.5. The van der Waals surface area contributed by atoms with Crippen LogP contribution in [-0.2, 0) is 53.1 Å². The fourth-order valence-electron chi connectivity index (χ4n) is 11.4. The van der Waals surface area contributed by atoms with Crippen LogP contribution in [0.2, 0.25) is 24.2 Å². The molecule has 2 fully saturated rings. The van der Waals surface area contributed by atoms with Crippen molar-refractivity contribution in [2.45, 2.75) is 197 Å². The van der Waals surface area contributed by atoms with Gasteiger partial charge in [-0.2, -0.15) is 0 Å². The summed E-state index contributed by atoms with van der Waals surface area (Å²) in [5.74, 6) is 11.6. The van der Waals surface area contributed by atoms with Gasteiger partial charge >= 0.3 is 35.2 Å². The second-order valence-corrected chi connectivity index (χ2v) is 40.6. The molecular formula is C54H114O12S7Si4. The molecule has 0 aliphatic heterocycles. The topological polar surface area (TPSA) is 111 Å². The maximum Gasteiger partial charge on any atom is 0.500 e. The van der Waals surface area contributed by atoms with E-state index in [4.69, 9.17) is 53.1 Å². The van der Waals surface area contributed by atoms with E-state index in [0.717, 1.165) is 85.0 Å². The summed E-state index contributed by atoms with van der Waals surface area (Å²) in [6.45, 7) is 32.4. The molecule has 0 radical (unpaired) electrons. The van der Waals surface area contributed by atoms with Crippen LogP contribution < -0.4 is 0 Å². The first-order valence-corrected chi connectivity index (χ1v) is 47.1. The fraction of sp³-hybridized carbons (Fsp3) is 1.00. The molecule has 0 spiro atoms. The Balaban J connectivity index is 1.99. The van der Waals surface area contributed by atoms with Crippen LogP contribution >= 0.6 is 74.6 Å². The highest BCUT2D eigenvalue weighted by Gasteiger charge is 2.44. The highest BCUT2D eigenvalue weighted by molar-refractivity contribution is 9.09. The Labute approximate surface area is 505 Å². The lowest BCUT2D eigenvalue weighted by Gasteiger charge is -2.38. The van der Waals surface area contributed by atoms with Gasteiger partial charge < -0.3 is 53.1 Å². The summed E-state index contributed by atoms with van der Waals surface area (Å²) in [6.07, 6.45) is 17.5. The molecule has 460 valence electrons. The lowest BCUT2D eigenvalue weighted by atomic mass is 9.71. The summed E-state index contributed by atoms with van der Waals surface area (Å²) in [7, 11) is 3.98. The predicted molar refractivity (Wildman–Crippen MR) is 350 cm³/mol. The van der Waals surface area contributed by atoms with Crippen LogP contribution in [0.3, 0.4) is 0 Å². The van der Waals surface area contributed by atoms with Crippen molar-refractivity contribution < 1.29 is 53.1 Å². The SMILES string of the molecule is CCO[Si](CCCSSCCC1CC(CC[Si](OCC)(OCC)OCC)CCC1CCSSSCCC1CCC(CC[Si](OCC)(OCC)OCC)CC1CCSSCCC[Si](OCC)(OCC)OCC)(OCC)OCC. The minimum absolute atomic E-state index is 0.637. The summed E-state index contributed by atoms with van der Waals surface area (Å²) in [4.78, 5) is 0. The predicted octanol–water partition coefficient (Wildman–Crippen LogP) is 17.2. The third kappa shape index (κ3) is 31.9. The van der Waals surface area contributed by atoms with E-state index < -0.39 is 35.2 Å². The Bertz CT molecular complexity index is 1210. The van der Waals surface area contributed by atoms with Crippen LogP contribution in [0.1, 0.15) is 173 Å². The maximum atomic E-state index is 6.29. The Hall–Kier alpha value is 2.84. The van der Waals surface area contributed by atoms with Crippen LogP contribution in [-0.4, -0.2) is 149 Å². The van der Waals surface area contributed by atoms with Crippen LogP contribution in [0.4, 0.5) is 0 Å². The van der Waals surface area contributed by atoms with E-state index >= 15 is 0 Å². The standard InChI is InChI=1S/C54H114O12S7Si4/c1-13-55-74(56-14-2,57-15-3)43-25-37-67-69-39-33-53-47-49(35-45-76(61-19-7,62-20-8)63-21-9)27-29-51(53)31-41-71-73-72-42-32-52-30-28-50(36-46-77(64-22-10,65-23-11)66-24-12)48-54(52)34-40-70-68-38-26-44-75(58-16-4,59-17-5)60-18-6/h49-54H,13-48H2,1-12H3. The Morgan fingerprint density at radius 3 is 0.805 bits per heavy atom. The second-order valence-electron chi connectivity index (χ2n) is 19.8. The molecule has 2 aliphatic rings. The third-order valence-electron chi connectivity index (χ3n) is 14.6. The largest absolute Gasteiger partial charge is 0.500 e. The zero-order valence-electron chi connectivity index (χ0n) is 50.7. The summed E-state index contributed by atoms with van der Waals surface area (Å²) in [5.41, 5.74) is 0. The fourth-order valence-corrected chi connectivity index (χ4v) is 31.2. The smallest absolute Gasteiger partial charge is 0.374 e. The molecule has 12 nitrogen and oxygen atoms in total. The Morgan fingerprint density at radius 1 is 0.273 bits per heavy atom. The quantitative estimate of drug-likeness (QED) is 0.0327. The van der Waals surface area contributed by atoms with Gasteiger partial charge in [0.1, 0.15) is 0 Å². The van der Waals surface area contributed by atoms with E-state index in [0.29, 0.717) is 91.1 Å². The number of hydrogen-bond donors (Lipinski definition) is 0. The molecule has 0 bridgehead atoms. The van der Waals surface area contributed by atoms with Crippen LogP contribution in [0.15, 0.2) is 0 Å². The molecule has 77 heavy (non-hydrogen) atoms. The van der Waals surface area contributed by atoms with Gasteiger partial charge in [0.15, 0.2) is 0 Å². The average Bonchev–Trinajstić information content (AvgIpc) is 3.40. The molecule has 2 rings (SSSR count). The molecule has 6 unspecified atom stereocenters. The minimum Gasteiger partial charge on any atom is -0.374 e. The molecular weight excluding hydrogens is 1180 g/mol. The number of hydrogen-bond acceptors (Lipinski definition) is 19. The van der Waals surface area contributed by atoms with Crippen molar-refractivity contribution in [2.75, 3.05) is 114 Å². The molecule has 0 saturated heterocycles. The van der Waals surface area contributed by atoms with Crippen molar-refractivity contribution >= 4 is 110 Å². The lowest BCUT2D eigenvalue weighted by Crippen LogP contribution is -2.46. The Morgan fingerprint density at radius 2 is 0.519 bits per heavy atom. The van der Waals surface area contributed by atoms with Crippen molar-refractivity contribution in [1.29, 1.82) is 0 Å². The van der Waals surface area contributed by atoms with Gasteiger partial charge in [-0.15, -0.1) is 0 Å². The van der Waals surface area contributed by atoms with Crippen LogP contribution in [0.5, 0.6) is 0 Å². The normalized spacial score (nSPS) is 20.9. The van der Waals surface area contributed by atoms with E-state index in [1.807, 2.05) is 63.1 Å². The highest BCUT2D eigenvalue weighted by Crippen LogP contribution is 2.46. The van der Waals surface area contributed by atoms with Gasteiger partial charge in [-0.3, -0.25) is 0 Å². The zero-order chi connectivity index (χ0) is 56.4. The third-order valence-corrected chi connectivity index (χ3v) is 36.4. The van der Waals surface area contributed by atoms with Gasteiger partial charge in [-0.1, -0.05) is 77.6 Å². The van der Waals surface area contributed by atoms with Gasteiger partial charge in [-0.05, 0) is 205 Å². The van der Waals surface area contributed by atoms with Crippen molar-refractivity contribution in [3.05, 3.63) is 0 Å². The van der Waals surface area contributed by atoms with E-state index in [-0.39, 0.29) is 0 Å². The molecule has 0 aromatic carbocycles. The zero-order valence-corrected chi connectivity index (χ0v) is 60.4. The summed E-state index contributed by atoms with van der Waals surface area (Å²) in [6, 6.07) is 3.63. The molecule has 0 amide bonds. The van der Waals surface area contributed by atoms with Gasteiger partial charge in [-0.25, -0.2) is 0 Å². The first-order valence-electron chi connectivity index (χ1n) is 30.6. The van der Waals surface area contributed by atoms with Crippen molar-refractivity contribution in [1.82, 2.24) is 0 Å². The van der Waals surface area contributed by atoms with Gasteiger partial charge in [0.05, 0.1) is 0 Å². The lowest BCUT2D eigenvalue weighted by molar-refractivity contribution is 0.0666. The second kappa shape index (κ2) is 47.9. The molecule has 23 heteroatoms. The van der Waals surface area contributed by atoms with Gasteiger partial charge in [0.25, 0.3) is 0 Å². The summed E-state index contributed by atoms with van der Waals surface area (Å²) >= 11 is 0. The van der Waals surface area contributed by atoms with Crippen LogP contribution in [0.25, 0.3) is 0 Å². The van der Waals surface area contributed by atoms with Crippen molar-refractivity contribution in [3.63, 3.8) is 0 Å². The Kier molecular flexibility index (Phi) is 47.3. The molecule has 0 heterocycles. The maximum absolute atomic E-state index is 6.29. The molecule has 0 N–H and O–H groups in total. The number of rotatable bonds is 54. The summed E-state index contributed by atoms with van der Waals surface area (Å²) in [5, 5.41) is 0. The summed E-state index contributed by atoms with van der Waals surface area (Å²) < 4.78 is 74.5. The average molecular weight is 1290 g/mol. The van der Waals surface area contributed by atoms with Crippen LogP contribution in [0, 0.1) is 35.5 Å². The molecule has 6 atom stereocenters. The van der Waals surface area contributed by atoms with E-state index in [1.54, 1.807) is 0 Å². The van der Waals surface area contributed by atoms with E-state index in [1.165, 1.54) is 87.2 Å². The van der Waals surface area contributed by atoms with Crippen molar-refractivity contribution in [3.8, 4) is 0 Å². The molecule has 2 aliphatic carbocycles. The molecule has 2 saturated carbocycles. The van der Waals surface area contributed by atoms with Gasteiger partial charge in [0, 0.05) is 138 Å². The van der Waals surface area contributed by atoms with Gasteiger partial charge in [0.2, 0.25) is 0 Å². The van der Waals surface area contributed by atoms with E-state index in [2.05, 4.69) is 94.5 Å². The van der Waals surface area contributed by atoms with E-state index in [9.17, 15) is 0 Å². The highest BCUT2D eigenvalue weighted by atomic mass is 33.5. The first kappa shape index (κ1) is 75.9. The molecule has 0 aromatic heterocycles. The molecule has 0 aromatic rings. The minimum atomic E-state index is -2.65. The van der Waals surface area contributed by atoms with Crippen molar-refractivity contribution in [2.24, 2.45) is 35.5 Å².